The molecule has 1 aromatic rings. The topological polar surface area (TPSA) is 54.0 Å². The van der Waals surface area contributed by atoms with E-state index in [1.54, 1.807) is 25.4 Å². The molecule has 100 valence electrons. The highest BCUT2D eigenvalue weighted by atomic mass is 32.2. The van der Waals surface area contributed by atoms with Gasteiger partial charge in [0.15, 0.2) is 0 Å². The minimum atomic E-state index is -0.0390. The zero-order valence-corrected chi connectivity index (χ0v) is 12.0. The highest BCUT2D eigenvalue weighted by molar-refractivity contribution is 7.99. The molecule has 1 unspecified atom stereocenters. The number of aromatic nitrogens is 1. The van der Waals surface area contributed by atoms with Crippen LogP contribution in [0, 0.1) is 0 Å². The van der Waals surface area contributed by atoms with E-state index in [2.05, 4.69) is 22.5 Å². The first kappa shape index (κ1) is 14.8. The van der Waals surface area contributed by atoms with Crippen molar-refractivity contribution in [3.8, 4) is 0 Å². The zero-order valence-electron chi connectivity index (χ0n) is 11.2. The van der Waals surface area contributed by atoms with Gasteiger partial charge in [-0.15, -0.1) is 0 Å². The highest BCUT2D eigenvalue weighted by Gasteiger charge is 2.10. The molecular weight excluding hydrogens is 246 g/mol. The van der Waals surface area contributed by atoms with E-state index in [-0.39, 0.29) is 11.9 Å². The number of hydrogen-bond donors (Lipinski definition) is 2. The van der Waals surface area contributed by atoms with E-state index in [1.165, 1.54) is 0 Å². The minimum Gasteiger partial charge on any atom is -0.373 e. The summed E-state index contributed by atoms with van der Waals surface area (Å²) in [6.07, 6.45) is 2.63. The van der Waals surface area contributed by atoms with Crippen molar-refractivity contribution < 1.29 is 4.79 Å². The lowest BCUT2D eigenvalue weighted by molar-refractivity contribution is 0.0939. The van der Waals surface area contributed by atoms with Crippen LogP contribution in [0.15, 0.2) is 18.3 Å². The SMILES string of the molecule is CCSCCC(C)NC(=O)c1ccnc(NC)c1. The normalized spacial score (nSPS) is 11.9. The van der Waals surface area contributed by atoms with Crippen LogP contribution >= 0.6 is 11.8 Å². The van der Waals surface area contributed by atoms with Gasteiger partial charge in [-0.25, -0.2) is 4.98 Å². The molecule has 0 fully saturated rings. The fraction of sp³-hybridized carbons (Fsp3) is 0.538. The fourth-order valence-corrected chi connectivity index (χ4v) is 2.30. The maximum Gasteiger partial charge on any atom is 0.251 e. The second kappa shape index (κ2) is 7.97. The summed E-state index contributed by atoms with van der Waals surface area (Å²) in [4.78, 5) is 16.1. The van der Waals surface area contributed by atoms with Crippen molar-refractivity contribution in [1.29, 1.82) is 0 Å². The third-order valence-corrected chi connectivity index (χ3v) is 3.49. The van der Waals surface area contributed by atoms with Crippen LogP contribution in [-0.4, -0.2) is 35.5 Å². The zero-order chi connectivity index (χ0) is 13.4. The smallest absolute Gasteiger partial charge is 0.251 e. The summed E-state index contributed by atoms with van der Waals surface area (Å²) in [5, 5.41) is 5.92. The van der Waals surface area contributed by atoms with Crippen molar-refractivity contribution >= 4 is 23.5 Å². The van der Waals surface area contributed by atoms with Crippen molar-refractivity contribution in [3.05, 3.63) is 23.9 Å². The van der Waals surface area contributed by atoms with Gasteiger partial charge in [0, 0.05) is 24.8 Å². The Kier molecular flexibility index (Phi) is 6.57. The Morgan fingerprint density at radius 2 is 2.33 bits per heavy atom. The highest BCUT2D eigenvalue weighted by Crippen LogP contribution is 2.08. The van der Waals surface area contributed by atoms with E-state index in [0.717, 1.165) is 17.9 Å². The predicted molar refractivity (Wildman–Crippen MR) is 78.3 cm³/mol. The predicted octanol–water partition coefficient (Wildman–Crippen LogP) is 2.38. The monoisotopic (exact) mass is 267 g/mol. The number of nitrogens with zero attached hydrogens (tertiary/aromatic N) is 1. The molecule has 4 nitrogen and oxygen atoms in total. The molecule has 0 aliphatic carbocycles. The van der Waals surface area contributed by atoms with E-state index in [0.29, 0.717) is 11.4 Å². The molecule has 0 aliphatic heterocycles. The number of carbonyl (C=O) groups is 1. The molecule has 0 saturated carbocycles. The van der Waals surface area contributed by atoms with E-state index in [9.17, 15) is 4.79 Å². The summed E-state index contributed by atoms with van der Waals surface area (Å²) >= 11 is 1.89. The van der Waals surface area contributed by atoms with Crippen molar-refractivity contribution in [2.75, 3.05) is 23.9 Å². The van der Waals surface area contributed by atoms with Gasteiger partial charge < -0.3 is 10.6 Å². The molecule has 0 spiro atoms. The fourth-order valence-electron chi connectivity index (χ4n) is 1.49. The molecule has 5 heteroatoms. The number of hydrogen-bond acceptors (Lipinski definition) is 4. The van der Waals surface area contributed by atoms with Crippen molar-refractivity contribution in [3.63, 3.8) is 0 Å². The number of anilines is 1. The average molecular weight is 267 g/mol. The Bertz CT molecular complexity index is 384. The summed E-state index contributed by atoms with van der Waals surface area (Å²) in [7, 11) is 1.79. The van der Waals surface area contributed by atoms with E-state index < -0.39 is 0 Å². The molecule has 1 amide bonds. The van der Waals surface area contributed by atoms with Crippen LogP contribution in [0.5, 0.6) is 0 Å². The first-order valence-electron chi connectivity index (χ1n) is 6.19. The molecule has 0 radical (unpaired) electrons. The van der Waals surface area contributed by atoms with Gasteiger partial charge in [0.1, 0.15) is 5.82 Å². The Hall–Kier alpha value is -1.23. The second-order valence-corrected chi connectivity index (χ2v) is 5.43. The second-order valence-electron chi connectivity index (χ2n) is 4.04. The lowest BCUT2D eigenvalue weighted by Gasteiger charge is -2.13. The number of thioether (sulfide) groups is 1. The Morgan fingerprint density at radius 3 is 3.00 bits per heavy atom. The van der Waals surface area contributed by atoms with E-state index in [4.69, 9.17) is 0 Å². The Morgan fingerprint density at radius 1 is 1.56 bits per heavy atom. The molecule has 1 heterocycles. The van der Waals surface area contributed by atoms with Crippen molar-refractivity contribution in [2.45, 2.75) is 26.3 Å². The number of pyridine rings is 1. The molecule has 1 aromatic heterocycles. The first-order valence-corrected chi connectivity index (χ1v) is 7.35. The van der Waals surface area contributed by atoms with Crippen molar-refractivity contribution in [2.24, 2.45) is 0 Å². The van der Waals surface area contributed by atoms with Gasteiger partial charge in [-0.2, -0.15) is 11.8 Å². The molecule has 0 saturated heterocycles. The number of nitrogens with one attached hydrogen (secondary N) is 2. The quantitative estimate of drug-likeness (QED) is 0.745. The van der Waals surface area contributed by atoms with Gasteiger partial charge in [-0.3, -0.25) is 4.79 Å². The van der Waals surface area contributed by atoms with Crippen LogP contribution in [0.1, 0.15) is 30.6 Å². The van der Waals surface area contributed by atoms with Crippen LogP contribution in [0.25, 0.3) is 0 Å². The van der Waals surface area contributed by atoms with Gasteiger partial charge >= 0.3 is 0 Å². The number of carbonyl (C=O) groups excluding carboxylic acids is 1. The van der Waals surface area contributed by atoms with Gasteiger partial charge in [-0.05, 0) is 37.0 Å². The average Bonchev–Trinajstić information content (AvgIpc) is 2.39. The van der Waals surface area contributed by atoms with Crippen LogP contribution in [-0.2, 0) is 0 Å². The van der Waals surface area contributed by atoms with Gasteiger partial charge in [0.25, 0.3) is 5.91 Å². The van der Waals surface area contributed by atoms with Crippen molar-refractivity contribution in [1.82, 2.24) is 10.3 Å². The van der Waals surface area contributed by atoms with Gasteiger partial charge in [0.05, 0.1) is 0 Å². The third-order valence-electron chi connectivity index (χ3n) is 2.56. The largest absolute Gasteiger partial charge is 0.373 e. The maximum absolute atomic E-state index is 12.0. The van der Waals surface area contributed by atoms with E-state index >= 15 is 0 Å². The van der Waals surface area contributed by atoms with Crippen LogP contribution in [0.3, 0.4) is 0 Å². The maximum atomic E-state index is 12.0. The standard InChI is InChI=1S/C13H21N3OS/c1-4-18-8-6-10(2)16-13(17)11-5-7-15-12(9-11)14-3/h5,7,9-10H,4,6,8H2,1-3H3,(H,14,15)(H,16,17). The summed E-state index contributed by atoms with van der Waals surface area (Å²) in [5.74, 6) is 2.87. The Labute approximate surface area is 113 Å². The van der Waals surface area contributed by atoms with Gasteiger partial charge in [0.2, 0.25) is 0 Å². The molecule has 0 bridgehead atoms. The molecule has 1 rings (SSSR count). The summed E-state index contributed by atoms with van der Waals surface area (Å²) in [6.45, 7) is 4.18. The molecule has 2 N–H and O–H groups in total. The molecule has 18 heavy (non-hydrogen) atoms. The summed E-state index contributed by atoms with van der Waals surface area (Å²) in [5.41, 5.74) is 0.643. The van der Waals surface area contributed by atoms with Crippen LogP contribution < -0.4 is 10.6 Å². The van der Waals surface area contributed by atoms with E-state index in [1.807, 2.05) is 18.7 Å². The van der Waals surface area contributed by atoms with Crippen LogP contribution in [0.2, 0.25) is 0 Å². The first-order chi connectivity index (χ1) is 8.67. The summed E-state index contributed by atoms with van der Waals surface area (Å²) < 4.78 is 0. The van der Waals surface area contributed by atoms with Crippen LogP contribution in [0.4, 0.5) is 5.82 Å². The third kappa shape index (κ3) is 4.96. The molecular formula is C13H21N3OS. The minimum absolute atomic E-state index is 0.0390. The number of rotatable bonds is 7. The lowest BCUT2D eigenvalue weighted by atomic mass is 10.2. The molecule has 1 atom stereocenters. The Balaban J connectivity index is 2.48. The number of amides is 1. The molecule has 0 aliphatic rings. The molecule has 0 aromatic carbocycles. The lowest BCUT2D eigenvalue weighted by Crippen LogP contribution is -2.33. The van der Waals surface area contributed by atoms with Gasteiger partial charge in [-0.1, -0.05) is 6.92 Å². The summed E-state index contributed by atoms with van der Waals surface area (Å²) in [6, 6.07) is 3.68.